The first-order valence-corrected chi connectivity index (χ1v) is 8.49. The van der Waals surface area contributed by atoms with Gasteiger partial charge in [-0.15, -0.1) is 0 Å². The molecular formula is C16H21NO2S. The van der Waals surface area contributed by atoms with E-state index in [1.54, 1.807) is 11.8 Å². The van der Waals surface area contributed by atoms with Crippen molar-refractivity contribution in [3.8, 4) is 0 Å². The van der Waals surface area contributed by atoms with E-state index in [9.17, 15) is 9.90 Å². The van der Waals surface area contributed by atoms with Crippen molar-refractivity contribution in [1.29, 1.82) is 0 Å². The van der Waals surface area contributed by atoms with Crippen molar-refractivity contribution in [3.63, 3.8) is 0 Å². The van der Waals surface area contributed by atoms with Gasteiger partial charge in [-0.3, -0.25) is 4.79 Å². The van der Waals surface area contributed by atoms with Gasteiger partial charge in [0, 0.05) is 18.8 Å². The maximum Gasteiger partial charge on any atom is 0.255 e. The largest absolute Gasteiger partial charge is 0.379 e. The Bertz CT molecular complexity index is 463. The van der Waals surface area contributed by atoms with Crippen molar-refractivity contribution in [3.05, 3.63) is 35.9 Å². The molecule has 1 N–H and O–H groups in total. The van der Waals surface area contributed by atoms with E-state index < -0.39 is 5.60 Å². The lowest BCUT2D eigenvalue weighted by atomic mass is 9.88. The number of hydrogen-bond acceptors (Lipinski definition) is 3. The molecule has 0 radical (unpaired) electrons. The Kier molecular flexibility index (Phi) is 4.03. The number of nitrogens with zero attached hydrogens (tertiary/aromatic N) is 1. The number of benzene rings is 1. The Morgan fingerprint density at radius 3 is 2.55 bits per heavy atom. The lowest BCUT2D eigenvalue weighted by molar-refractivity contribution is -0.149. The number of rotatable bonds is 2. The first-order valence-electron chi connectivity index (χ1n) is 7.33. The van der Waals surface area contributed by atoms with Crippen LogP contribution in [0.2, 0.25) is 0 Å². The molecular weight excluding hydrogens is 270 g/mol. The van der Waals surface area contributed by atoms with Crippen molar-refractivity contribution < 1.29 is 9.90 Å². The van der Waals surface area contributed by atoms with Crippen molar-refractivity contribution in [2.75, 3.05) is 24.6 Å². The van der Waals surface area contributed by atoms with Gasteiger partial charge in [-0.1, -0.05) is 30.3 Å². The summed E-state index contributed by atoms with van der Waals surface area (Å²) in [6.07, 6.45) is 2.60. The molecule has 0 saturated carbocycles. The minimum absolute atomic E-state index is 0.0472. The summed E-state index contributed by atoms with van der Waals surface area (Å²) >= 11 is 1.67. The first kappa shape index (κ1) is 14.0. The molecule has 2 aliphatic rings. The highest BCUT2D eigenvalue weighted by atomic mass is 32.2. The number of carbonyl (C=O) groups excluding carboxylic acids is 1. The molecule has 20 heavy (non-hydrogen) atoms. The molecule has 3 nitrogen and oxygen atoms in total. The molecule has 0 spiro atoms. The summed E-state index contributed by atoms with van der Waals surface area (Å²) in [4.78, 5) is 14.3. The number of amides is 1. The Morgan fingerprint density at radius 2 is 1.95 bits per heavy atom. The van der Waals surface area contributed by atoms with Gasteiger partial charge < -0.3 is 10.0 Å². The van der Waals surface area contributed by atoms with Gasteiger partial charge in [0.25, 0.3) is 5.91 Å². The second-order valence-electron chi connectivity index (χ2n) is 5.81. The Balaban J connectivity index is 1.60. The first-order chi connectivity index (χ1) is 9.69. The fourth-order valence-electron chi connectivity index (χ4n) is 3.16. The molecule has 2 heterocycles. The van der Waals surface area contributed by atoms with Crippen LogP contribution in [-0.4, -0.2) is 46.1 Å². The normalized spacial score (nSPS) is 27.8. The molecule has 3 rings (SSSR count). The quantitative estimate of drug-likeness (QED) is 0.908. The molecule has 2 fully saturated rings. The number of likely N-dealkylation sites (tertiary alicyclic amines) is 1. The molecule has 1 amide bonds. The van der Waals surface area contributed by atoms with Gasteiger partial charge >= 0.3 is 0 Å². The summed E-state index contributed by atoms with van der Waals surface area (Å²) < 4.78 is 0. The number of carbonyl (C=O) groups is 1. The summed E-state index contributed by atoms with van der Waals surface area (Å²) in [7, 11) is 0. The summed E-state index contributed by atoms with van der Waals surface area (Å²) in [5.74, 6) is 1.95. The highest BCUT2D eigenvalue weighted by Gasteiger charge is 2.42. The van der Waals surface area contributed by atoms with Crippen LogP contribution in [0.15, 0.2) is 30.3 Å². The van der Waals surface area contributed by atoms with E-state index >= 15 is 0 Å². The van der Waals surface area contributed by atoms with Crippen LogP contribution < -0.4 is 0 Å². The Morgan fingerprint density at radius 1 is 1.25 bits per heavy atom. The van der Waals surface area contributed by atoms with E-state index in [0.717, 1.165) is 31.7 Å². The molecule has 4 heteroatoms. The van der Waals surface area contributed by atoms with Crippen molar-refractivity contribution in [2.24, 2.45) is 0 Å². The average molecular weight is 291 g/mol. The molecule has 2 saturated heterocycles. The van der Waals surface area contributed by atoms with Crippen LogP contribution in [-0.2, 0) is 4.79 Å². The van der Waals surface area contributed by atoms with Gasteiger partial charge in [0.15, 0.2) is 5.60 Å². The summed E-state index contributed by atoms with van der Waals surface area (Å²) in [5, 5.41) is 10.4. The number of thioether (sulfide) groups is 1. The standard InChI is InChI=1S/C16H21NO2S/c18-15(16(19)8-11-20-12-16)17-9-6-14(7-10-17)13-4-2-1-3-5-13/h1-5,14,19H,6-12H2. The van der Waals surface area contributed by atoms with Crippen molar-refractivity contribution >= 4 is 17.7 Å². The van der Waals surface area contributed by atoms with Crippen LogP contribution in [0.1, 0.15) is 30.7 Å². The second kappa shape index (κ2) is 5.78. The molecule has 2 aliphatic heterocycles. The van der Waals surface area contributed by atoms with Crippen LogP contribution in [0.4, 0.5) is 0 Å². The SMILES string of the molecule is O=C(N1CCC(c2ccccc2)CC1)C1(O)CCSC1. The van der Waals surface area contributed by atoms with Crippen molar-refractivity contribution in [1.82, 2.24) is 4.90 Å². The predicted octanol–water partition coefficient (Wildman–Crippen LogP) is 2.26. The van der Waals surface area contributed by atoms with Crippen LogP contribution in [0, 0.1) is 0 Å². The van der Waals surface area contributed by atoms with E-state index in [4.69, 9.17) is 0 Å². The third-order valence-electron chi connectivity index (χ3n) is 4.45. The zero-order valence-corrected chi connectivity index (χ0v) is 12.4. The minimum atomic E-state index is -1.09. The van der Waals surface area contributed by atoms with E-state index in [1.165, 1.54) is 5.56 Å². The van der Waals surface area contributed by atoms with E-state index in [-0.39, 0.29) is 5.91 Å². The molecule has 0 aromatic heterocycles. The Hall–Kier alpha value is -1.00. The van der Waals surface area contributed by atoms with Crippen LogP contribution in [0.3, 0.4) is 0 Å². The molecule has 0 bridgehead atoms. The van der Waals surface area contributed by atoms with Gasteiger partial charge in [-0.2, -0.15) is 11.8 Å². The molecule has 1 aromatic rings. The lowest BCUT2D eigenvalue weighted by Gasteiger charge is -2.36. The van der Waals surface area contributed by atoms with E-state index in [2.05, 4.69) is 24.3 Å². The number of aliphatic hydroxyl groups is 1. The molecule has 0 aliphatic carbocycles. The van der Waals surface area contributed by atoms with Crippen LogP contribution in [0.25, 0.3) is 0 Å². The fourth-order valence-corrected chi connectivity index (χ4v) is 4.39. The van der Waals surface area contributed by atoms with Gasteiger partial charge in [-0.05, 0) is 36.5 Å². The van der Waals surface area contributed by atoms with Crippen LogP contribution >= 0.6 is 11.8 Å². The third-order valence-corrected chi connectivity index (χ3v) is 5.63. The van der Waals surface area contributed by atoms with E-state index in [1.807, 2.05) is 11.0 Å². The molecule has 1 atom stereocenters. The maximum atomic E-state index is 12.4. The average Bonchev–Trinajstić information content (AvgIpc) is 2.96. The topological polar surface area (TPSA) is 40.5 Å². The summed E-state index contributed by atoms with van der Waals surface area (Å²) in [6, 6.07) is 10.5. The number of hydrogen-bond donors (Lipinski definition) is 1. The van der Waals surface area contributed by atoms with Gasteiger partial charge in [0.05, 0.1) is 0 Å². The number of piperidine rings is 1. The molecule has 1 unspecified atom stereocenters. The minimum Gasteiger partial charge on any atom is -0.379 e. The zero-order chi connectivity index (χ0) is 14.0. The zero-order valence-electron chi connectivity index (χ0n) is 11.6. The van der Waals surface area contributed by atoms with Gasteiger partial charge in [0.1, 0.15) is 0 Å². The highest BCUT2D eigenvalue weighted by Crippen LogP contribution is 2.33. The molecule has 1 aromatic carbocycles. The summed E-state index contributed by atoms with van der Waals surface area (Å²) in [6.45, 7) is 1.54. The second-order valence-corrected chi connectivity index (χ2v) is 6.92. The van der Waals surface area contributed by atoms with Gasteiger partial charge in [-0.25, -0.2) is 0 Å². The lowest BCUT2D eigenvalue weighted by Crippen LogP contribution is -2.51. The predicted molar refractivity (Wildman–Crippen MR) is 81.9 cm³/mol. The van der Waals surface area contributed by atoms with E-state index in [0.29, 0.717) is 18.1 Å². The monoisotopic (exact) mass is 291 g/mol. The van der Waals surface area contributed by atoms with Crippen molar-refractivity contribution in [2.45, 2.75) is 30.8 Å². The maximum absolute atomic E-state index is 12.4. The molecule has 108 valence electrons. The Labute approximate surface area is 124 Å². The fraction of sp³-hybridized carbons (Fsp3) is 0.562. The third kappa shape index (κ3) is 2.72. The summed E-state index contributed by atoms with van der Waals surface area (Å²) in [5.41, 5.74) is 0.277. The van der Waals surface area contributed by atoms with Crippen LogP contribution in [0.5, 0.6) is 0 Å². The van der Waals surface area contributed by atoms with Gasteiger partial charge in [0.2, 0.25) is 0 Å². The smallest absolute Gasteiger partial charge is 0.255 e. The highest BCUT2D eigenvalue weighted by molar-refractivity contribution is 7.99.